The van der Waals surface area contributed by atoms with E-state index < -0.39 is 0 Å². The lowest BCUT2D eigenvalue weighted by molar-refractivity contribution is 0.249. The molecule has 0 aromatic carbocycles. The fourth-order valence-electron chi connectivity index (χ4n) is 3.05. The van der Waals surface area contributed by atoms with Crippen LogP contribution in [-0.4, -0.2) is 31.2 Å². The van der Waals surface area contributed by atoms with Crippen LogP contribution in [0.5, 0.6) is 0 Å². The first-order chi connectivity index (χ1) is 14.0. The van der Waals surface area contributed by atoms with Crippen molar-refractivity contribution in [3.05, 3.63) is 65.9 Å². The smallest absolute Gasteiger partial charge is 0.320 e. The number of carbonyl (C=O) groups is 1. The van der Waals surface area contributed by atoms with E-state index in [1.165, 1.54) is 0 Å². The van der Waals surface area contributed by atoms with Gasteiger partial charge in [0.15, 0.2) is 0 Å². The Morgan fingerprint density at radius 1 is 1.07 bits per heavy atom. The number of aromatic amines is 1. The Bertz CT molecular complexity index is 1170. The molecule has 3 N–H and O–H groups in total. The van der Waals surface area contributed by atoms with Gasteiger partial charge in [-0.05, 0) is 44.5 Å². The molecule has 8 heteroatoms. The highest BCUT2D eigenvalue weighted by molar-refractivity contribution is 5.95. The Hall–Kier alpha value is -3.81. The molecule has 1 unspecified atom stereocenters. The summed E-state index contributed by atoms with van der Waals surface area (Å²) in [6, 6.07) is 8.92. The van der Waals surface area contributed by atoms with Crippen molar-refractivity contribution in [3.8, 4) is 11.3 Å². The van der Waals surface area contributed by atoms with Crippen LogP contribution in [0.15, 0.2) is 48.9 Å². The molecule has 0 aliphatic rings. The second-order valence-corrected chi connectivity index (χ2v) is 6.95. The Labute approximate surface area is 167 Å². The van der Waals surface area contributed by atoms with Gasteiger partial charge in [-0.25, -0.2) is 9.78 Å². The summed E-state index contributed by atoms with van der Waals surface area (Å²) in [6.45, 7) is 5.79. The summed E-state index contributed by atoms with van der Waals surface area (Å²) in [5, 5.41) is 13.9. The average Bonchev–Trinajstić information content (AvgIpc) is 3.11. The van der Waals surface area contributed by atoms with Crippen LogP contribution in [0.1, 0.15) is 29.9 Å². The minimum absolute atomic E-state index is 0.229. The Morgan fingerprint density at radius 3 is 2.69 bits per heavy atom. The molecule has 8 nitrogen and oxygen atoms in total. The molecular weight excluding hydrogens is 366 g/mol. The van der Waals surface area contributed by atoms with Gasteiger partial charge < -0.3 is 5.32 Å². The topological polar surface area (TPSA) is 108 Å². The molecule has 0 aliphatic carbocycles. The number of aromatic nitrogens is 5. The normalized spacial score (nSPS) is 12.0. The van der Waals surface area contributed by atoms with Gasteiger partial charge in [0.05, 0.1) is 17.3 Å². The molecule has 146 valence electrons. The summed E-state index contributed by atoms with van der Waals surface area (Å²) in [7, 11) is 0. The zero-order valence-electron chi connectivity index (χ0n) is 16.4. The van der Waals surface area contributed by atoms with E-state index >= 15 is 0 Å². The Kier molecular flexibility index (Phi) is 4.90. The van der Waals surface area contributed by atoms with Gasteiger partial charge in [-0.2, -0.15) is 5.10 Å². The molecule has 2 amide bonds. The highest BCUT2D eigenvalue weighted by atomic mass is 16.2. The molecule has 0 saturated heterocycles. The van der Waals surface area contributed by atoms with Gasteiger partial charge >= 0.3 is 6.03 Å². The van der Waals surface area contributed by atoms with Gasteiger partial charge in [0.2, 0.25) is 0 Å². The summed E-state index contributed by atoms with van der Waals surface area (Å²) in [5.41, 5.74) is 5.33. The summed E-state index contributed by atoms with van der Waals surface area (Å²) in [4.78, 5) is 25.3. The van der Waals surface area contributed by atoms with Crippen LogP contribution in [0, 0.1) is 13.8 Å². The van der Waals surface area contributed by atoms with Crippen LogP contribution >= 0.6 is 0 Å². The van der Waals surface area contributed by atoms with Crippen molar-refractivity contribution < 1.29 is 4.79 Å². The number of fused-ring (bicyclic) bond motifs is 1. The molecule has 1 atom stereocenters. The number of amides is 2. The molecule has 0 spiro atoms. The predicted octanol–water partition coefficient (Wildman–Crippen LogP) is 3.91. The number of nitrogens with one attached hydrogen (secondary N) is 3. The van der Waals surface area contributed by atoms with Crippen molar-refractivity contribution in [2.24, 2.45) is 0 Å². The number of pyridine rings is 3. The quantitative estimate of drug-likeness (QED) is 0.492. The van der Waals surface area contributed by atoms with E-state index in [2.05, 4.69) is 35.8 Å². The zero-order valence-corrected chi connectivity index (χ0v) is 16.4. The summed E-state index contributed by atoms with van der Waals surface area (Å²) in [5.74, 6) is 0.431. The van der Waals surface area contributed by atoms with E-state index in [0.29, 0.717) is 5.82 Å². The van der Waals surface area contributed by atoms with Crippen LogP contribution < -0.4 is 10.6 Å². The molecule has 4 heterocycles. The lowest BCUT2D eigenvalue weighted by Crippen LogP contribution is -2.31. The molecule has 0 bridgehead atoms. The van der Waals surface area contributed by atoms with Crippen LogP contribution in [0.4, 0.5) is 10.6 Å². The van der Waals surface area contributed by atoms with E-state index in [1.54, 1.807) is 24.7 Å². The Balaban J connectivity index is 1.48. The second kappa shape index (κ2) is 7.67. The van der Waals surface area contributed by atoms with Gasteiger partial charge in [0.1, 0.15) is 11.5 Å². The average molecular weight is 387 g/mol. The van der Waals surface area contributed by atoms with Crippen LogP contribution in [0.3, 0.4) is 0 Å². The molecule has 0 aliphatic heterocycles. The van der Waals surface area contributed by atoms with Crippen LogP contribution in [0.2, 0.25) is 0 Å². The molecule has 4 rings (SSSR count). The van der Waals surface area contributed by atoms with Crippen LogP contribution in [-0.2, 0) is 0 Å². The number of urea groups is 1. The number of rotatable bonds is 4. The fraction of sp³-hybridized carbons (Fsp3) is 0.190. The lowest BCUT2D eigenvalue weighted by Gasteiger charge is -2.14. The van der Waals surface area contributed by atoms with Gasteiger partial charge in [-0.15, -0.1) is 0 Å². The molecule has 29 heavy (non-hydrogen) atoms. The molecule has 4 aromatic heterocycles. The predicted molar refractivity (Wildman–Crippen MR) is 111 cm³/mol. The Morgan fingerprint density at radius 2 is 1.93 bits per heavy atom. The standard InChI is InChI=1S/C21H21N7O/c1-12-4-5-17(23-10-12)14(3)25-21(29)26-19-9-18-16(11-24-19)20(28-27-18)15-6-7-22-13(2)8-15/h4-11,14H,1-3H3,(H,27,28)(H2,24,25,26,29). The van der Waals surface area contributed by atoms with Gasteiger partial charge in [0.25, 0.3) is 0 Å². The van der Waals surface area contributed by atoms with Crippen molar-refractivity contribution >= 4 is 22.8 Å². The molecular formula is C21H21N7O. The summed E-state index contributed by atoms with van der Waals surface area (Å²) in [6.07, 6.45) is 5.23. The minimum Gasteiger partial charge on any atom is -0.330 e. The van der Waals surface area contributed by atoms with Gasteiger partial charge in [-0.1, -0.05) is 6.07 Å². The minimum atomic E-state index is -0.351. The van der Waals surface area contributed by atoms with Crippen molar-refractivity contribution in [2.45, 2.75) is 26.8 Å². The number of carbonyl (C=O) groups excluding carboxylic acids is 1. The third-order valence-electron chi connectivity index (χ3n) is 4.58. The van der Waals surface area contributed by atoms with Crippen molar-refractivity contribution in [1.29, 1.82) is 0 Å². The summed E-state index contributed by atoms with van der Waals surface area (Å²) >= 11 is 0. The van der Waals surface area contributed by atoms with E-state index in [-0.39, 0.29) is 12.1 Å². The van der Waals surface area contributed by atoms with E-state index in [1.807, 2.05) is 45.0 Å². The van der Waals surface area contributed by atoms with E-state index in [9.17, 15) is 4.79 Å². The number of anilines is 1. The highest BCUT2D eigenvalue weighted by Crippen LogP contribution is 2.27. The SMILES string of the molecule is Cc1ccc(C(C)NC(=O)Nc2cc3[nH]nc(-c4ccnc(C)c4)c3cn2)nc1. The number of H-pyrrole nitrogens is 1. The first-order valence-electron chi connectivity index (χ1n) is 9.27. The van der Waals surface area contributed by atoms with Crippen molar-refractivity contribution in [1.82, 2.24) is 30.5 Å². The van der Waals surface area contributed by atoms with E-state index in [0.717, 1.165) is 39.1 Å². The molecule has 4 aromatic rings. The van der Waals surface area contributed by atoms with Gasteiger partial charge in [0, 0.05) is 41.3 Å². The molecule has 0 radical (unpaired) electrons. The largest absolute Gasteiger partial charge is 0.330 e. The summed E-state index contributed by atoms with van der Waals surface area (Å²) < 4.78 is 0. The first-order valence-corrected chi connectivity index (χ1v) is 9.27. The first kappa shape index (κ1) is 18.5. The van der Waals surface area contributed by atoms with Crippen molar-refractivity contribution in [2.75, 3.05) is 5.32 Å². The number of aryl methyl sites for hydroxylation is 2. The monoisotopic (exact) mass is 387 g/mol. The maximum Gasteiger partial charge on any atom is 0.320 e. The number of nitrogens with zero attached hydrogens (tertiary/aromatic N) is 4. The molecule has 0 fully saturated rings. The lowest BCUT2D eigenvalue weighted by atomic mass is 10.1. The van der Waals surface area contributed by atoms with Crippen molar-refractivity contribution in [3.63, 3.8) is 0 Å². The maximum absolute atomic E-state index is 12.3. The van der Waals surface area contributed by atoms with E-state index in [4.69, 9.17) is 0 Å². The second-order valence-electron chi connectivity index (χ2n) is 6.95. The molecule has 0 saturated carbocycles. The number of hydrogen-bond donors (Lipinski definition) is 3. The third kappa shape index (κ3) is 4.06. The number of hydrogen-bond acceptors (Lipinski definition) is 5. The maximum atomic E-state index is 12.3. The highest BCUT2D eigenvalue weighted by Gasteiger charge is 2.13. The fourth-order valence-corrected chi connectivity index (χ4v) is 3.05. The third-order valence-corrected chi connectivity index (χ3v) is 4.58. The van der Waals surface area contributed by atoms with Crippen LogP contribution in [0.25, 0.3) is 22.2 Å². The van der Waals surface area contributed by atoms with Gasteiger partial charge in [-0.3, -0.25) is 20.4 Å². The zero-order chi connectivity index (χ0) is 20.4.